The largest absolute Gasteiger partial charge is 0.370 e. The Morgan fingerprint density at radius 2 is 2.50 bits per heavy atom. The number of aliphatic hydroxyl groups is 1. The Bertz CT molecular complexity index is 141. The van der Waals surface area contributed by atoms with E-state index >= 15 is 0 Å². The fraction of sp³-hybridized carbons (Fsp3) is 0.200. The molecule has 1 unspecified atom stereocenters. The summed E-state index contributed by atoms with van der Waals surface area (Å²) in [5.41, 5.74) is 0. The monoisotopic (exact) mass is 115 g/mol. The number of rotatable bonds is 0. The third-order valence-corrected chi connectivity index (χ3v) is 0.830. The van der Waals surface area contributed by atoms with Gasteiger partial charge in [0.1, 0.15) is 12.1 Å². The highest BCUT2D eigenvalue weighted by Gasteiger charge is 1.99. The molecule has 0 saturated heterocycles. The van der Waals surface area contributed by atoms with Gasteiger partial charge in [-0.05, 0) is 12.2 Å². The SMILES string of the molecule is OC1C=CC(F)=CN1. The zero-order valence-electron chi connectivity index (χ0n) is 4.13. The van der Waals surface area contributed by atoms with Crippen molar-refractivity contribution in [2.45, 2.75) is 6.23 Å². The maximum Gasteiger partial charge on any atom is 0.143 e. The highest BCUT2D eigenvalue weighted by molar-refractivity contribution is 5.15. The smallest absolute Gasteiger partial charge is 0.143 e. The van der Waals surface area contributed by atoms with Crippen LogP contribution in [0.25, 0.3) is 0 Å². The molecule has 8 heavy (non-hydrogen) atoms. The average Bonchev–Trinajstić information content (AvgIpc) is 1.77. The molecule has 3 heteroatoms. The lowest BCUT2D eigenvalue weighted by molar-refractivity contribution is 0.199. The summed E-state index contributed by atoms with van der Waals surface area (Å²) in [5, 5.41) is 11.0. The van der Waals surface area contributed by atoms with Gasteiger partial charge in [-0.25, -0.2) is 4.39 Å². The first-order valence-corrected chi connectivity index (χ1v) is 2.27. The van der Waals surface area contributed by atoms with E-state index in [0.717, 1.165) is 6.20 Å². The van der Waals surface area contributed by atoms with Crippen LogP contribution in [0, 0.1) is 0 Å². The number of dihydropyridines is 1. The van der Waals surface area contributed by atoms with E-state index in [-0.39, 0.29) is 5.83 Å². The van der Waals surface area contributed by atoms with E-state index in [9.17, 15) is 4.39 Å². The van der Waals surface area contributed by atoms with Crippen LogP contribution in [0.15, 0.2) is 24.2 Å². The molecule has 1 heterocycles. The van der Waals surface area contributed by atoms with Gasteiger partial charge < -0.3 is 10.4 Å². The van der Waals surface area contributed by atoms with Crippen molar-refractivity contribution in [2.24, 2.45) is 0 Å². The molecule has 0 bridgehead atoms. The van der Waals surface area contributed by atoms with Crippen LogP contribution in [0.2, 0.25) is 0 Å². The summed E-state index contributed by atoms with van der Waals surface area (Å²) in [6.07, 6.45) is 2.93. The molecular formula is C5H6FNO. The standard InChI is InChI=1S/C5H6FNO/c6-4-1-2-5(8)7-3-4/h1-3,5,7-8H. The normalized spacial score (nSPS) is 26.8. The van der Waals surface area contributed by atoms with Gasteiger partial charge in [-0.3, -0.25) is 0 Å². The van der Waals surface area contributed by atoms with E-state index in [2.05, 4.69) is 5.32 Å². The van der Waals surface area contributed by atoms with Gasteiger partial charge >= 0.3 is 0 Å². The molecule has 2 nitrogen and oxygen atoms in total. The minimum Gasteiger partial charge on any atom is -0.370 e. The van der Waals surface area contributed by atoms with E-state index in [1.165, 1.54) is 12.2 Å². The fourth-order valence-electron chi connectivity index (χ4n) is 0.452. The third-order valence-electron chi connectivity index (χ3n) is 0.830. The van der Waals surface area contributed by atoms with Crippen molar-refractivity contribution in [3.8, 4) is 0 Å². The minimum atomic E-state index is -0.727. The molecule has 2 N–H and O–H groups in total. The first-order chi connectivity index (χ1) is 3.79. The maximum atomic E-state index is 12.0. The predicted octanol–water partition coefficient (Wildman–Crippen LogP) is 0.275. The van der Waals surface area contributed by atoms with Crippen molar-refractivity contribution in [3.05, 3.63) is 24.2 Å². The van der Waals surface area contributed by atoms with Crippen molar-refractivity contribution in [1.82, 2.24) is 5.32 Å². The third kappa shape index (κ3) is 1.07. The molecule has 0 radical (unpaired) electrons. The summed E-state index contributed by atoms with van der Waals surface area (Å²) in [6, 6.07) is 0. The van der Waals surface area contributed by atoms with Crippen molar-refractivity contribution < 1.29 is 9.50 Å². The summed E-state index contributed by atoms with van der Waals surface area (Å²) in [6.45, 7) is 0. The average molecular weight is 115 g/mol. The van der Waals surface area contributed by atoms with Gasteiger partial charge in [0, 0.05) is 6.20 Å². The van der Waals surface area contributed by atoms with Crippen LogP contribution >= 0.6 is 0 Å². The van der Waals surface area contributed by atoms with Gasteiger partial charge in [0.05, 0.1) is 0 Å². The summed E-state index contributed by atoms with van der Waals surface area (Å²) in [7, 11) is 0. The molecule has 0 amide bonds. The molecule has 0 fully saturated rings. The zero-order chi connectivity index (χ0) is 5.98. The lowest BCUT2D eigenvalue weighted by atomic mass is 10.3. The molecule has 0 aromatic rings. The number of hydrogen-bond donors (Lipinski definition) is 2. The van der Waals surface area contributed by atoms with Crippen molar-refractivity contribution >= 4 is 0 Å². The Hall–Kier alpha value is -0.830. The van der Waals surface area contributed by atoms with Crippen LogP contribution in [-0.4, -0.2) is 11.3 Å². The number of halogens is 1. The molecule has 0 aromatic carbocycles. The van der Waals surface area contributed by atoms with Crippen LogP contribution in [0.4, 0.5) is 4.39 Å². The van der Waals surface area contributed by atoms with Crippen LogP contribution in [0.5, 0.6) is 0 Å². The molecule has 1 aliphatic rings. The van der Waals surface area contributed by atoms with E-state index in [0.29, 0.717) is 0 Å². The van der Waals surface area contributed by atoms with Gasteiger partial charge in [0.25, 0.3) is 0 Å². The zero-order valence-corrected chi connectivity index (χ0v) is 4.13. The number of allylic oxidation sites excluding steroid dienone is 2. The number of nitrogens with one attached hydrogen (secondary N) is 1. The Morgan fingerprint density at radius 1 is 1.75 bits per heavy atom. The molecule has 44 valence electrons. The van der Waals surface area contributed by atoms with Crippen LogP contribution < -0.4 is 5.32 Å². The maximum absolute atomic E-state index is 12.0. The summed E-state index contributed by atoms with van der Waals surface area (Å²) in [4.78, 5) is 0. The van der Waals surface area contributed by atoms with Gasteiger partial charge in [-0.2, -0.15) is 0 Å². The second-order valence-electron chi connectivity index (χ2n) is 1.50. The van der Waals surface area contributed by atoms with E-state index in [1.807, 2.05) is 0 Å². The number of hydrogen-bond acceptors (Lipinski definition) is 2. The Kier molecular flexibility index (Phi) is 1.30. The summed E-state index contributed by atoms with van der Waals surface area (Å²) < 4.78 is 12.0. The second-order valence-corrected chi connectivity index (χ2v) is 1.50. The van der Waals surface area contributed by atoms with Crippen molar-refractivity contribution in [3.63, 3.8) is 0 Å². The lowest BCUT2D eigenvalue weighted by Gasteiger charge is -2.07. The first kappa shape index (κ1) is 5.31. The second kappa shape index (κ2) is 1.96. The van der Waals surface area contributed by atoms with Crippen LogP contribution in [0.1, 0.15) is 0 Å². The Labute approximate surface area is 46.3 Å². The van der Waals surface area contributed by atoms with Gasteiger partial charge in [0.2, 0.25) is 0 Å². The molecule has 1 aliphatic heterocycles. The fourth-order valence-corrected chi connectivity index (χ4v) is 0.452. The summed E-state index contributed by atoms with van der Waals surface area (Å²) >= 11 is 0. The quantitative estimate of drug-likeness (QED) is 0.475. The van der Waals surface area contributed by atoms with Gasteiger partial charge in [-0.15, -0.1) is 0 Å². The topological polar surface area (TPSA) is 32.3 Å². The highest BCUT2D eigenvalue weighted by atomic mass is 19.1. The van der Waals surface area contributed by atoms with Gasteiger partial charge in [0.15, 0.2) is 0 Å². The molecule has 0 saturated carbocycles. The van der Waals surface area contributed by atoms with Crippen molar-refractivity contribution in [2.75, 3.05) is 0 Å². The molecular weight excluding hydrogens is 109 g/mol. The summed E-state index contributed by atoms with van der Waals surface area (Å²) in [5.74, 6) is -0.365. The molecule has 1 rings (SSSR count). The predicted molar refractivity (Wildman–Crippen MR) is 27.5 cm³/mol. The highest BCUT2D eigenvalue weighted by Crippen LogP contribution is 2.01. The minimum absolute atomic E-state index is 0.365. The van der Waals surface area contributed by atoms with Crippen molar-refractivity contribution in [1.29, 1.82) is 0 Å². The lowest BCUT2D eigenvalue weighted by Crippen LogP contribution is -2.23. The molecule has 0 aromatic heterocycles. The van der Waals surface area contributed by atoms with E-state index in [4.69, 9.17) is 5.11 Å². The molecule has 0 aliphatic carbocycles. The first-order valence-electron chi connectivity index (χ1n) is 2.27. The number of aliphatic hydroxyl groups excluding tert-OH is 1. The van der Waals surface area contributed by atoms with E-state index in [1.54, 1.807) is 0 Å². The molecule has 0 spiro atoms. The van der Waals surface area contributed by atoms with Gasteiger partial charge in [-0.1, -0.05) is 0 Å². The molecule has 1 atom stereocenters. The Balaban J connectivity index is 2.58. The Morgan fingerprint density at radius 3 is 2.88 bits per heavy atom. The van der Waals surface area contributed by atoms with E-state index < -0.39 is 6.23 Å². The van der Waals surface area contributed by atoms with Crippen LogP contribution in [0.3, 0.4) is 0 Å². The van der Waals surface area contributed by atoms with Crippen LogP contribution in [-0.2, 0) is 0 Å².